The Labute approximate surface area is 166 Å². The van der Waals surface area contributed by atoms with Crippen LogP contribution in [0.2, 0.25) is 0 Å². The molecule has 0 radical (unpaired) electrons. The van der Waals surface area contributed by atoms with Crippen molar-refractivity contribution in [1.29, 1.82) is 0 Å². The lowest BCUT2D eigenvalue weighted by molar-refractivity contribution is -0.137. The number of hydrogen-bond donors (Lipinski definition) is 1. The zero-order chi connectivity index (χ0) is 19.9. The van der Waals surface area contributed by atoms with Crippen molar-refractivity contribution in [2.24, 2.45) is 0 Å². The molecular weight excluding hydrogens is 352 g/mol. The normalized spacial score (nSPS) is 17.2. The topological polar surface area (TPSA) is 67.3 Å². The summed E-state index contributed by atoms with van der Waals surface area (Å²) in [5.74, 6) is 0.383. The molecule has 1 saturated heterocycles. The molecule has 0 saturated carbocycles. The minimum atomic E-state index is -0.374. The molecule has 1 aromatic carbocycles. The molecule has 0 amide bonds. The summed E-state index contributed by atoms with van der Waals surface area (Å²) in [5, 5.41) is 3.46. The van der Waals surface area contributed by atoms with Crippen molar-refractivity contribution in [1.82, 2.24) is 14.9 Å². The fourth-order valence-electron chi connectivity index (χ4n) is 3.37. The second-order valence-corrected chi connectivity index (χ2v) is 7.14. The molecular formula is C22H28N4O2. The maximum atomic E-state index is 11.3. The first kappa shape index (κ1) is 20.0. The molecule has 6 heteroatoms. The van der Waals surface area contributed by atoms with Gasteiger partial charge in [0.1, 0.15) is 5.82 Å². The van der Waals surface area contributed by atoms with Crippen molar-refractivity contribution in [3.8, 4) is 0 Å². The van der Waals surface area contributed by atoms with E-state index in [4.69, 9.17) is 4.74 Å². The van der Waals surface area contributed by atoms with E-state index in [-0.39, 0.29) is 5.97 Å². The Bertz CT molecular complexity index is 833. The van der Waals surface area contributed by atoms with E-state index in [2.05, 4.69) is 52.2 Å². The van der Waals surface area contributed by atoms with E-state index < -0.39 is 0 Å². The molecule has 6 nitrogen and oxygen atoms in total. The number of nitrogens with zero attached hydrogens (tertiary/aromatic N) is 3. The van der Waals surface area contributed by atoms with Crippen LogP contribution in [0, 0.1) is 13.8 Å². The third kappa shape index (κ3) is 5.39. The van der Waals surface area contributed by atoms with Gasteiger partial charge in [0, 0.05) is 31.8 Å². The second-order valence-electron chi connectivity index (χ2n) is 7.14. The van der Waals surface area contributed by atoms with Gasteiger partial charge in [0.2, 0.25) is 0 Å². The van der Waals surface area contributed by atoms with Crippen LogP contribution >= 0.6 is 0 Å². The highest BCUT2D eigenvalue weighted by molar-refractivity contribution is 5.86. The Balaban J connectivity index is 1.51. The molecule has 0 bridgehead atoms. The number of carbonyl (C=O) groups excluding carboxylic acids is 1. The highest BCUT2D eigenvalue weighted by Gasteiger charge is 2.23. The van der Waals surface area contributed by atoms with Crippen LogP contribution in [0.15, 0.2) is 36.7 Å². The summed E-state index contributed by atoms with van der Waals surface area (Å²) >= 11 is 0. The van der Waals surface area contributed by atoms with Gasteiger partial charge in [0.25, 0.3) is 0 Å². The number of carbonyl (C=O) groups is 1. The molecule has 0 aliphatic carbocycles. The smallest absolute Gasteiger partial charge is 0.330 e. The molecule has 1 N–H and O–H groups in total. The van der Waals surface area contributed by atoms with Gasteiger partial charge in [-0.05, 0) is 50.0 Å². The second kappa shape index (κ2) is 9.46. The first-order valence-corrected chi connectivity index (χ1v) is 9.76. The third-order valence-electron chi connectivity index (χ3n) is 5.08. The molecule has 2 aromatic rings. The van der Waals surface area contributed by atoms with Crippen molar-refractivity contribution in [3.63, 3.8) is 0 Å². The lowest BCUT2D eigenvalue weighted by Crippen LogP contribution is -2.26. The Kier molecular flexibility index (Phi) is 6.76. The number of rotatable bonds is 7. The minimum Gasteiger partial charge on any atom is -0.463 e. The molecule has 1 fully saturated rings. The van der Waals surface area contributed by atoms with Crippen LogP contribution in [-0.4, -0.2) is 46.6 Å². The quantitative estimate of drug-likeness (QED) is 0.587. The van der Waals surface area contributed by atoms with Crippen molar-refractivity contribution in [2.45, 2.75) is 39.8 Å². The number of esters is 1. The number of aromatic nitrogens is 2. The molecule has 2 heterocycles. The summed E-state index contributed by atoms with van der Waals surface area (Å²) < 4.78 is 4.85. The number of aryl methyl sites for hydroxylation is 1. The standard InChI is InChI=1S/C22H28N4O2/c1-4-28-22(27)9-8-19-12-24-21(13-23-19)25-20-10-11-26(15-20)14-18-7-5-6-16(2)17(18)3/h5-9,12-13,20H,4,10-11,14-15H2,1-3H3,(H,24,25)/b9-8+/t20-/m1/s1. The zero-order valence-electron chi connectivity index (χ0n) is 16.8. The van der Waals surface area contributed by atoms with E-state index in [0.717, 1.165) is 31.9 Å². The van der Waals surface area contributed by atoms with Crippen molar-refractivity contribution < 1.29 is 9.53 Å². The van der Waals surface area contributed by atoms with Gasteiger partial charge in [-0.2, -0.15) is 0 Å². The highest BCUT2D eigenvalue weighted by Crippen LogP contribution is 2.20. The summed E-state index contributed by atoms with van der Waals surface area (Å²) in [7, 11) is 0. The van der Waals surface area contributed by atoms with Crippen LogP contribution in [0.4, 0.5) is 5.82 Å². The molecule has 28 heavy (non-hydrogen) atoms. The molecule has 1 aliphatic heterocycles. The number of hydrogen-bond acceptors (Lipinski definition) is 6. The monoisotopic (exact) mass is 380 g/mol. The Morgan fingerprint density at radius 2 is 2.18 bits per heavy atom. The van der Waals surface area contributed by atoms with Crippen LogP contribution in [-0.2, 0) is 16.1 Å². The van der Waals surface area contributed by atoms with Gasteiger partial charge in [0.15, 0.2) is 0 Å². The Hall–Kier alpha value is -2.73. The lowest BCUT2D eigenvalue weighted by Gasteiger charge is -2.19. The Morgan fingerprint density at radius 1 is 1.32 bits per heavy atom. The fourth-order valence-corrected chi connectivity index (χ4v) is 3.37. The SMILES string of the molecule is CCOC(=O)/C=C/c1cnc(N[C@@H]2CCN(Cc3cccc(C)c3C)C2)cn1. The summed E-state index contributed by atoms with van der Waals surface area (Å²) in [6.07, 6.45) is 7.41. The molecule has 1 atom stereocenters. The van der Waals surface area contributed by atoms with E-state index in [0.29, 0.717) is 18.3 Å². The summed E-state index contributed by atoms with van der Waals surface area (Å²) in [4.78, 5) is 22.5. The number of likely N-dealkylation sites (tertiary alicyclic amines) is 1. The molecule has 3 rings (SSSR count). The lowest BCUT2D eigenvalue weighted by atomic mass is 10.0. The van der Waals surface area contributed by atoms with Gasteiger partial charge in [-0.3, -0.25) is 9.88 Å². The summed E-state index contributed by atoms with van der Waals surface area (Å²) in [6, 6.07) is 6.88. The van der Waals surface area contributed by atoms with Crippen molar-refractivity contribution in [3.05, 3.63) is 59.1 Å². The molecule has 0 unspecified atom stereocenters. The van der Waals surface area contributed by atoms with E-state index in [1.807, 2.05) is 0 Å². The van der Waals surface area contributed by atoms with E-state index in [9.17, 15) is 4.79 Å². The van der Waals surface area contributed by atoms with Gasteiger partial charge in [0.05, 0.1) is 24.7 Å². The fraction of sp³-hybridized carbons (Fsp3) is 0.409. The van der Waals surface area contributed by atoms with Gasteiger partial charge in [-0.1, -0.05) is 18.2 Å². The van der Waals surface area contributed by atoms with Crippen LogP contribution in [0.3, 0.4) is 0 Å². The summed E-state index contributed by atoms with van der Waals surface area (Å²) in [6.45, 7) is 9.53. The minimum absolute atomic E-state index is 0.361. The van der Waals surface area contributed by atoms with Crippen molar-refractivity contribution in [2.75, 3.05) is 25.0 Å². The van der Waals surface area contributed by atoms with Crippen LogP contribution < -0.4 is 5.32 Å². The first-order valence-electron chi connectivity index (χ1n) is 9.76. The highest BCUT2D eigenvalue weighted by atomic mass is 16.5. The Morgan fingerprint density at radius 3 is 2.93 bits per heavy atom. The average molecular weight is 380 g/mol. The largest absolute Gasteiger partial charge is 0.463 e. The van der Waals surface area contributed by atoms with Gasteiger partial charge in [-0.25, -0.2) is 9.78 Å². The number of benzene rings is 1. The van der Waals surface area contributed by atoms with E-state index >= 15 is 0 Å². The average Bonchev–Trinajstić information content (AvgIpc) is 3.12. The molecule has 148 valence electrons. The first-order chi connectivity index (χ1) is 13.5. The maximum Gasteiger partial charge on any atom is 0.330 e. The van der Waals surface area contributed by atoms with Crippen LogP contribution in [0.1, 0.15) is 35.7 Å². The molecule has 0 spiro atoms. The van der Waals surface area contributed by atoms with Crippen LogP contribution in [0.25, 0.3) is 6.08 Å². The van der Waals surface area contributed by atoms with Gasteiger partial charge < -0.3 is 10.1 Å². The van der Waals surface area contributed by atoms with Crippen LogP contribution in [0.5, 0.6) is 0 Å². The summed E-state index contributed by atoms with van der Waals surface area (Å²) in [5.41, 5.74) is 4.76. The van der Waals surface area contributed by atoms with E-state index in [1.165, 1.54) is 22.8 Å². The molecule has 1 aliphatic rings. The van der Waals surface area contributed by atoms with Crippen molar-refractivity contribution >= 4 is 17.9 Å². The number of ether oxygens (including phenoxy) is 1. The predicted octanol–water partition coefficient (Wildman–Crippen LogP) is 3.36. The molecule has 1 aromatic heterocycles. The zero-order valence-corrected chi connectivity index (χ0v) is 16.8. The van der Waals surface area contributed by atoms with Gasteiger partial charge in [-0.15, -0.1) is 0 Å². The van der Waals surface area contributed by atoms with E-state index in [1.54, 1.807) is 25.4 Å². The maximum absolute atomic E-state index is 11.3. The number of anilines is 1. The van der Waals surface area contributed by atoms with Gasteiger partial charge >= 0.3 is 5.97 Å². The number of nitrogens with one attached hydrogen (secondary N) is 1. The third-order valence-corrected chi connectivity index (χ3v) is 5.08. The predicted molar refractivity (Wildman–Crippen MR) is 111 cm³/mol.